The van der Waals surface area contributed by atoms with Crippen molar-refractivity contribution in [2.45, 2.75) is 25.9 Å². The van der Waals surface area contributed by atoms with E-state index >= 15 is 0 Å². The Labute approximate surface area is 191 Å². The van der Waals surface area contributed by atoms with E-state index in [4.69, 9.17) is 21.1 Å². The summed E-state index contributed by atoms with van der Waals surface area (Å²) in [5.74, 6) is 0.483. The van der Waals surface area contributed by atoms with Crippen LogP contribution in [0, 0.1) is 0 Å². The van der Waals surface area contributed by atoms with Crippen LogP contribution in [0.3, 0.4) is 0 Å². The van der Waals surface area contributed by atoms with Gasteiger partial charge in [-0.25, -0.2) is 9.61 Å². The largest absolute Gasteiger partial charge is 0.379 e. The summed E-state index contributed by atoms with van der Waals surface area (Å²) in [5, 5.41) is 7.62. The zero-order valence-corrected chi connectivity index (χ0v) is 18.9. The van der Waals surface area contributed by atoms with Gasteiger partial charge >= 0.3 is 0 Å². The van der Waals surface area contributed by atoms with E-state index in [0.717, 1.165) is 16.5 Å². The molecule has 0 aliphatic carbocycles. The average Bonchev–Trinajstić information content (AvgIpc) is 3.51. The predicted molar refractivity (Wildman–Crippen MR) is 123 cm³/mol. The van der Waals surface area contributed by atoms with Crippen LogP contribution in [-0.2, 0) is 6.54 Å². The molecule has 1 unspecified atom stereocenters. The van der Waals surface area contributed by atoms with Crippen molar-refractivity contribution >= 4 is 38.7 Å². The molecule has 1 fully saturated rings. The van der Waals surface area contributed by atoms with Gasteiger partial charge < -0.3 is 20.9 Å². The molecule has 0 bridgehead atoms. The number of nitrogen functional groups attached to an aromatic ring is 1. The first-order valence-electron chi connectivity index (χ1n) is 10.3. The molecule has 1 amide bonds. The molecule has 10 nitrogen and oxygen atoms in total. The smallest absolute Gasteiger partial charge is 0.257 e. The highest BCUT2D eigenvalue weighted by atomic mass is 79.9. The quantitative estimate of drug-likeness (QED) is 0.438. The van der Waals surface area contributed by atoms with E-state index in [-0.39, 0.29) is 17.8 Å². The molecule has 1 atom stereocenters. The predicted octanol–water partition coefficient (Wildman–Crippen LogP) is 2.69. The molecular formula is C21H21BrN8O2. The maximum atomic E-state index is 13.4. The monoisotopic (exact) mass is 496 g/mol. The summed E-state index contributed by atoms with van der Waals surface area (Å²) in [4.78, 5) is 24.7. The molecule has 1 saturated heterocycles. The Balaban J connectivity index is 1.77. The molecular weight excluding hydrogens is 476 g/mol. The number of aryl methyl sites for hydroxylation is 1. The third kappa shape index (κ3) is 3.33. The number of pyridine rings is 1. The highest BCUT2D eigenvalue weighted by Crippen LogP contribution is 2.34. The first kappa shape index (κ1) is 20.6. The Hall–Kier alpha value is -3.31. The Morgan fingerprint density at radius 3 is 2.66 bits per heavy atom. The molecule has 3 aromatic heterocycles. The summed E-state index contributed by atoms with van der Waals surface area (Å²) < 4.78 is 7.66. The summed E-state index contributed by atoms with van der Waals surface area (Å²) in [6.07, 6.45) is 2.40. The van der Waals surface area contributed by atoms with Crippen LogP contribution in [0.5, 0.6) is 0 Å². The fourth-order valence-electron chi connectivity index (χ4n) is 4.10. The molecule has 164 valence electrons. The number of hydrogen-bond acceptors (Lipinski definition) is 8. The average molecular weight is 497 g/mol. The number of nitrogens with two attached hydrogens (primary N) is 2. The van der Waals surface area contributed by atoms with Crippen LogP contribution < -0.4 is 11.5 Å². The molecule has 1 aliphatic rings. The summed E-state index contributed by atoms with van der Waals surface area (Å²) in [6, 6.07) is 7.75. The molecule has 4 N–H and O–H groups in total. The number of hydrogen-bond donors (Lipinski definition) is 2. The van der Waals surface area contributed by atoms with Crippen LogP contribution >= 0.6 is 15.9 Å². The number of rotatable bonds is 4. The topological polar surface area (TPSA) is 142 Å². The molecule has 5 rings (SSSR count). The number of likely N-dealkylation sites (tertiary alicyclic amines) is 1. The molecule has 1 aromatic carbocycles. The van der Waals surface area contributed by atoms with Crippen molar-refractivity contribution in [1.82, 2.24) is 29.7 Å². The van der Waals surface area contributed by atoms with Crippen LogP contribution in [0.1, 0.15) is 23.7 Å². The minimum atomic E-state index is -0.120. The van der Waals surface area contributed by atoms with Crippen LogP contribution in [0.25, 0.3) is 33.8 Å². The highest BCUT2D eigenvalue weighted by molar-refractivity contribution is 9.10. The first-order chi connectivity index (χ1) is 15.5. The second-order valence-corrected chi connectivity index (χ2v) is 8.62. The van der Waals surface area contributed by atoms with Gasteiger partial charge in [0.25, 0.3) is 5.91 Å². The second kappa shape index (κ2) is 7.99. The van der Waals surface area contributed by atoms with Crippen molar-refractivity contribution in [3.8, 4) is 22.8 Å². The third-order valence-electron chi connectivity index (χ3n) is 5.67. The number of aromatic nitrogens is 5. The van der Waals surface area contributed by atoms with Crippen molar-refractivity contribution in [2.24, 2.45) is 5.73 Å². The maximum absolute atomic E-state index is 13.4. The maximum Gasteiger partial charge on any atom is 0.257 e. The number of fused-ring (bicyclic) bond motifs is 1. The zero-order chi connectivity index (χ0) is 22.4. The Bertz CT molecular complexity index is 1310. The van der Waals surface area contributed by atoms with E-state index in [2.05, 4.69) is 31.2 Å². The van der Waals surface area contributed by atoms with E-state index in [9.17, 15) is 4.79 Å². The van der Waals surface area contributed by atoms with Crippen LogP contribution in [0.15, 0.2) is 39.6 Å². The van der Waals surface area contributed by atoms with Crippen molar-refractivity contribution < 1.29 is 9.42 Å². The molecule has 1 aliphatic heterocycles. The Morgan fingerprint density at radius 1 is 1.25 bits per heavy atom. The SMILES string of the molecule is CCn1c(-c2nonc2N)nc2c(-c3ccc(Br)cc3)ncc(C(=O)N3CCC(N)C3)c21. The number of halogens is 1. The van der Waals surface area contributed by atoms with Crippen LogP contribution in [0.2, 0.25) is 0 Å². The van der Waals surface area contributed by atoms with Gasteiger partial charge in [0, 0.05) is 41.9 Å². The lowest BCUT2D eigenvalue weighted by atomic mass is 10.1. The van der Waals surface area contributed by atoms with Crippen LogP contribution in [0.4, 0.5) is 5.82 Å². The summed E-state index contributed by atoms with van der Waals surface area (Å²) in [7, 11) is 0. The van der Waals surface area contributed by atoms with Crippen molar-refractivity contribution in [1.29, 1.82) is 0 Å². The van der Waals surface area contributed by atoms with E-state index in [1.807, 2.05) is 35.8 Å². The summed E-state index contributed by atoms with van der Waals surface area (Å²) in [6.45, 7) is 3.63. The molecule has 0 saturated carbocycles. The second-order valence-electron chi connectivity index (χ2n) is 7.70. The number of nitrogens with zero attached hydrogens (tertiary/aromatic N) is 6. The number of amides is 1. The third-order valence-corrected chi connectivity index (χ3v) is 6.20. The fraction of sp³-hybridized carbons (Fsp3) is 0.286. The minimum Gasteiger partial charge on any atom is -0.379 e. The molecule has 32 heavy (non-hydrogen) atoms. The lowest BCUT2D eigenvalue weighted by Crippen LogP contribution is -2.32. The van der Waals surface area contributed by atoms with Gasteiger partial charge in [-0.3, -0.25) is 9.78 Å². The first-order valence-corrected chi connectivity index (χ1v) is 11.1. The van der Waals surface area contributed by atoms with Gasteiger partial charge in [-0.1, -0.05) is 28.1 Å². The van der Waals surface area contributed by atoms with Gasteiger partial charge in [0.05, 0.1) is 16.8 Å². The van der Waals surface area contributed by atoms with E-state index < -0.39 is 0 Å². The number of anilines is 1. The Morgan fingerprint density at radius 2 is 2.03 bits per heavy atom. The zero-order valence-electron chi connectivity index (χ0n) is 17.3. The number of benzene rings is 1. The van der Waals surface area contributed by atoms with Crippen molar-refractivity contribution in [3.63, 3.8) is 0 Å². The van der Waals surface area contributed by atoms with Crippen LogP contribution in [-0.4, -0.2) is 54.8 Å². The molecule has 11 heteroatoms. The lowest BCUT2D eigenvalue weighted by Gasteiger charge is -2.17. The standard InChI is InChI=1S/C21H21BrN8O2/c1-2-30-18-14(21(31)29-8-7-13(23)10-29)9-25-15(11-3-5-12(22)6-4-11)16(18)26-20(30)17-19(24)28-32-27-17/h3-6,9,13H,2,7-8,10,23H2,1H3,(H2,24,28). The van der Waals surface area contributed by atoms with E-state index in [1.165, 1.54) is 0 Å². The summed E-state index contributed by atoms with van der Waals surface area (Å²) in [5.41, 5.74) is 15.6. The number of carbonyl (C=O) groups is 1. The van der Waals surface area contributed by atoms with Gasteiger partial charge in [-0.05, 0) is 35.8 Å². The lowest BCUT2D eigenvalue weighted by molar-refractivity contribution is 0.0792. The Kier molecular flexibility index (Phi) is 5.14. The van der Waals surface area contributed by atoms with E-state index in [1.54, 1.807) is 11.1 Å². The summed E-state index contributed by atoms with van der Waals surface area (Å²) >= 11 is 3.46. The van der Waals surface area contributed by atoms with Gasteiger partial charge in [0.2, 0.25) is 0 Å². The van der Waals surface area contributed by atoms with Gasteiger partial charge in [-0.15, -0.1) is 0 Å². The molecule has 0 spiro atoms. The van der Waals surface area contributed by atoms with Gasteiger partial charge in [0.1, 0.15) is 5.52 Å². The molecule has 4 aromatic rings. The van der Waals surface area contributed by atoms with Crippen molar-refractivity contribution in [3.05, 3.63) is 40.5 Å². The van der Waals surface area contributed by atoms with Gasteiger partial charge in [-0.2, -0.15) is 0 Å². The molecule has 4 heterocycles. The van der Waals surface area contributed by atoms with Gasteiger partial charge in [0.15, 0.2) is 17.3 Å². The van der Waals surface area contributed by atoms with Crippen molar-refractivity contribution in [2.75, 3.05) is 18.8 Å². The minimum absolute atomic E-state index is 0.0166. The normalized spacial score (nSPS) is 16.2. The fourth-order valence-corrected chi connectivity index (χ4v) is 4.36. The highest BCUT2D eigenvalue weighted by Gasteiger charge is 2.30. The number of carbonyl (C=O) groups excluding carboxylic acids is 1. The van der Waals surface area contributed by atoms with E-state index in [0.29, 0.717) is 53.4 Å². The molecule has 0 radical (unpaired) electrons. The number of imidazole rings is 1.